The minimum atomic E-state index is -3.51. The van der Waals surface area contributed by atoms with Crippen LogP contribution in [0.3, 0.4) is 0 Å². The molecule has 114 valence electrons. The Balaban J connectivity index is 2.35. The van der Waals surface area contributed by atoms with Gasteiger partial charge in [-0.25, -0.2) is 8.42 Å². The fraction of sp³-hybridized carbons (Fsp3) is 0.333. The number of sulfonamides is 1. The smallest absolute Gasteiger partial charge is 0.244 e. The molecular formula is C15H20N2O2S2. The molecule has 0 saturated carbocycles. The number of hydrogen-bond acceptors (Lipinski definition) is 4. The Morgan fingerprint density at radius 3 is 2.38 bits per heavy atom. The largest absolute Gasteiger partial charge is 0.329 e. The molecule has 0 fully saturated rings. The van der Waals surface area contributed by atoms with E-state index in [0.29, 0.717) is 24.5 Å². The van der Waals surface area contributed by atoms with Gasteiger partial charge in [0.2, 0.25) is 10.0 Å². The van der Waals surface area contributed by atoms with Crippen molar-refractivity contribution in [3.63, 3.8) is 0 Å². The van der Waals surface area contributed by atoms with Crippen LogP contribution in [0.25, 0.3) is 0 Å². The molecule has 0 unspecified atom stereocenters. The molecule has 0 aliphatic heterocycles. The van der Waals surface area contributed by atoms with E-state index in [2.05, 4.69) is 0 Å². The van der Waals surface area contributed by atoms with Gasteiger partial charge in [0, 0.05) is 29.4 Å². The molecule has 0 spiro atoms. The molecule has 0 radical (unpaired) electrons. The number of nitrogens with zero attached hydrogens (tertiary/aromatic N) is 1. The lowest BCUT2D eigenvalue weighted by atomic mass is 10.2. The molecular weight excluding hydrogens is 304 g/mol. The van der Waals surface area contributed by atoms with Gasteiger partial charge in [0.1, 0.15) is 0 Å². The summed E-state index contributed by atoms with van der Waals surface area (Å²) in [7, 11) is -3.51. The fourth-order valence-corrected chi connectivity index (χ4v) is 5.18. The quantitative estimate of drug-likeness (QED) is 0.888. The topological polar surface area (TPSA) is 63.4 Å². The summed E-state index contributed by atoms with van der Waals surface area (Å²) in [6.45, 7) is 4.71. The van der Waals surface area contributed by atoms with Crippen LogP contribution in [0.1, 0.15) is 15.3 Å². The van der Waals surface area contributed by atoms with Crippen molar-refractivity contribution in [2.75, 3.05) is 13.1 Å². The third-order valence-corrected chi connectivity index (χ3v) is 6.26. The number of hydrogen-bond donors (Lipinski definition) is 1. The van der Waals surface area contributed by atoms with E-state index >= 15 is 0 Å². The van der Waals surface area contributed by atoms with Crippen molar-refractivity contribution in [1.82, 2.24) is 4.31 Å². The van der Waals surface area contributed by atoms with Crippen molar-refractivity contribution in [2.45, 2.75) is 25.3 Å². The lowest BCUT2D eigenvalue weighted by Crippen LogP contribution is -2.35. The van der Waals surface area contributed by atoms with Crippen LogP contribution in [-0.4, -0.2) is 25.8 Å². The monoisotopic (exact) mass is 324 g/mol. The first-order chi connectivity index (χ1) is 9.95. The van der Waals surface area contributed by atoms with Crippen molar-refractivity contribution < 1.29 is 8.42 Å². The molecule has 0 bridgehead atoms. The summed E-state index contributed by atoms with van der Waals surface area (Å²) in [5.41, 5.74) is 6.56. The third kappa shape index (κ3) is 3.71. The second kappa shape index (κ2) is 6.70. The Morgan fingerprint density at radius 1 is 1.19 bits per heavy atom. The van der Waals surface area contributed by atoms with Gasteiger partial charge in [-0.05, 0) is 25.5 Å². The first-order valence-corrected chi connectivity index (χ1v) is 9.02. The van der Waals surface area contributed by atoms with E-state index in [9.17, 15) is 8.42 Å². The minimum absolute atomic E-state index is 0.300. The van der Waals surface area contributed by atoms with Crippen LogP contribution in [0.5, 0.6) is 0 Å². The zero-order valence-corrected chi connectivity index (χ0v) is 13.9. The van der Waals surface area contributed by atoms with E-state index in [1.165, 1.54) is 15.6 Å². The van der Waals surface area contributed by atoms with Crippen LogP contribution < -0.4 is 5.73 Å². The second-order valence-electron chi connectivity index (χ2n) is 4.89. The summed E-state index contributed by atoms with van der Waals surface area (Å²) in [5.74, 6) is 0. The molecule has 1 aromatic carbocycles. The molecule has 2 rings (SSSR count). The highest BCUT2D eigenvalue weighted by molar-refractivity contribution is 7.89. The highest BCUT2D eigenvalue weighted by Gasteiger charge is 2.27. The summed E-state index contributed by atoms with van der Waals surface area (Å²) in [6.07, 6.45) is 0. The van der Waals surface area contributed by atoms with E-state index in [1.54, 1.807) is 6.07 Å². The molecule has 4 nitrogen and oxygen atoms in total. The predicted octanol–water partition coefficient (Wildman–Crippen LogP) is 2.51. The Bertz CT molecular complexity index is 694. The fourth-order valence-electron chi connectivity index (χ4n) is 2.22. The molecule has 2 aromatic rings. The SMILES string of the molecule is Cc1cc(S(=O)(=O)N(CCN)Cc2ccccc2)c(C)s1. The lowest BCUT2D eigenvalue weighted by Gasteiger charge is -2.21. The van der Waals surface area contributed by atoms with E-state index < -0.39 is 10.0 Å². The molecule has 0 aliphatic rings. The maximum Gasteiger partial charge on any atom is 0.244 e. The second-order valence-corrected chi connectivity index (χ2v) is 8.26. The standard InChI is InChI=1S/C15H20N2O2S2/c1-12-10-15(13(2)20-12)21(18,19)17(9-8-16)11-14-6-4-3-5-7-14/h3-7,10H,8-9,11,16H2,1-2H3. The van der Waals surface area contributed by atoms with Crippen molar-refractivity contribution in [1.29, 1.82) is 0 Å². The van der Waals surface area contributed by atoms with Gasteiger partial charge in [-0.15, -0.1) is 11.3 Å². The Kier molecular flexibility index (Phi) is 5.16. The van der Waals surface area contributed by atoms with Crippen LogP contribution in [0, 0.1) is 13.8 Å². The van der Waals surface area contributed by atoms with Crippen LogP contribution in [0.4, 0.5) is 0 Å². The molecule has 6 heteroatoms. The first-order valence-electron chi connectivity index (χ1n) is 6.76. The zero-order chi connectivity index (χ0) is 15.5. The molecule has 2 N–H and O–H groups in total. The van der Waals surface area contributed by atoms with Gasteiger partial charge in [-0.1, -0.05) is 30.3 Å². The number of nitrogens with two attached hydrogens (primary N) is 1. The Labute approximate surface area is 130 Å². The lowest BCUT2D eigenvalue weighted by molar-refractivity contribution is 0.414. The Morgan fingerprint density at radius 2 is 1.86 bits per heavy atom. The number of rotatable bonds is 6. The Hall–Kier alpha value is -1.21. The van der Waals surface area contributed by atoms with Crippen molar-refractivity contribution in [2.24, 2.45) is 5.73 Å². The van der Waals surface area contributed by atoms with Gasteiger partial charge in [0.25, 0.3) is 0 Å². The van der Waals surface area contributed by atoms with E-state index in [-0.39, 0.29) is 0 Å². The van der Waals surface area contributed by atoms with E-state index in [4.69, 9.17) is 5.73 Å². The van der Waals surface area contributed by atoms with Crippen LogP contribution >= 0.6 is 11.3 Å². The van der Waals surface area contributed by atoms with Gasteiger partial charge >= 0.3 is 0 Å². The third-order valence-electron chi connectivity index (χ3n) is 3.19. The molecule has 1 aromatic heterocycles. The van der Waals surface area contributed by atoms with Gasteiger partial charge in [-0.3, -0.25) is 0 Å². The number of benzene rings is 1. The van der Waals surface area contributed by atoms with Crippen LogP contribution in [0.2, 0.25) is 0 Å². The van der Waals surface area contributed by atoms with Gasteiger partial charge < -0.3 is 5.73 Å². The molecule has 21 heavy (non-hydrogen) atoms. The average Bonchev–Trinajstić information content (AvgIpc) is 2.79. The summed E-state index contributed by atoms with van der Waals surface area (Å²) in [4.78, 5) is 2.22. The maximum absolute atomic E-state index is 12.8. The van der Waals surface area contributed by atoms with Crippen molar-refractivity contribution >= 4 is 21.4 Å². The van der Waals surface area contributed by atoms with Crippen LogP contribution in [-0.2, 0) is 16.6 Å². The summed E-state index contributed by atoms with van der Waals surface area (Å²) >= 11 is 1.50. The highest BCUT2D eigenvalue weighted by atomic mass is 32.2. The van der Waals surface area contributed by atoms with Crippen LogP contribution in [0.15, 0.2) is 41.3 Å². The molecule has 0 atom stereocenters. The average molecular weight is 324 g/mol. The first kappa shape index (κ1) is 16.2. The van der Waals surface area contributed by atoms with Gasteiger partial charge in [0.15, 0.2) is 0 Å². The summed E-state index contributed by atoms with van der Waals surface area (Å²) in [5, 5.41) is 0. The normalized spacial score (nSPS) is 12.0. The van der Waals surface area contributed by atoms with Crippen molar-refractivity contribution in [3.05, 3.63) is 51.7 Å². The van der Waals surface area contributed by atoms with E-state index in [1.807, 2.05) is 44.2 Å². The van der Waals surface area contributed by atoms with Gasteiger partial charge in [0.05, 0.1) is 4.90 Å². The highest BCUT2D eigenvalue weighted by Crippen LogP contribution is 2.28. The minimum Gasteiger partial charge on any atom is -0.329 e. The molecule has 0 saturated heterocycles. The zero-order valence-electron chi connectivity index (χ0n) is 12.2. The van der Waals surface area contributed by atoms with Crippen molar-refractivity contribution in [3.8, 4) is 0 Å². The number of thiophene rings is 1. The van der Waals surface area contributed by atoms with E-state index in [0.717, 1.165) is 15.3 Å². The summed E-state index contributed by atoms with van der Waals surface area (Å²) in [6, 6.07) is 11.3. The predicted molar refractivity (Wildman–Crippen MR) is 86.9 cm³/mol. The number of aryl methyl sites for hydroxylation is 2. The molecule has 1 heterocycles. The molecule has 0 aliphatic carbocycles. The molecule has 0 amide bonds. The maximum atomic E-state index is 12.8. The summed E-state index contributed by atoms with van der Waals surface area (Å²) < 4.78 is 27.1. The van der Waals surface area contributed by atoms with Gasteiger partial charge in [-0.2, -0.15) is 4.31 Å².